The molecule has 34 heavy (non-hydrogen) atoms. The number of sulfonamides is 1. The van der Waals surface area contributed by atoms with Crippen LogP contribution in [0, 0.1) is 0 Å². The predicted octanol–water partition coefficient (Wildman–Crippen LogP) is 4.66. The first-order valence-corrected chi connectivity index (χ1v) is 11.0. The van der Waals surface area contributed by atoms with E-state index < -0.39 is 32.9 Å². The van der Waals surface area contributed by atoms with Crippen LogP contribution in [0.1, 0.15) is 10.4 Å². The Labute approximate surface area is 193 Å². The Balaban J connectivity index is 1.87. The van der Waals surface area contributed by atoms with Gasteiger partial charge in [0.05, 0.1) is 36.1 Å². The molecule has 0 saturated carbocycles. The largest absolute Gasteiger partial charge is 0.573 e. The van der Waals surface area contributed by atoms with E-state index in [1.54, 1.807) is 18.2 Å². The van der Waals surface area contributed by atoms with Crippen LogP contribution in [0.15, 0.2) is 71.6 Å². The number of alkyl halides is 3. The number of carbonyl (C=O) groups is 1. The van der Waals surface area contributed by atoms with Crippen LogP contribution in [-0.4, -0.2) is 34.9 Å². The number of hydrogen-bond donors (Lipinski definition) is 2. The molecule has 0 bridgehead atoms. The molecule has 0 radical (unpaired) electrons. The van der Waals surface area contributed by atoms with Crippen molar-refractivity contribution in [1.29, 1.82) is 0 Å². The van der Waals surface area contributed by atoms with Gasteiger partial charge in [-0.05, 0) is 36.4 Å². The zero-order chi connectivity index (χ0) is 24.9. The third kappa shape index (κ3) is 6.10. The van der Waals surface area contributed by atoms with Gasteiger partial charge in [0.1, 0.15) is 17.2 Å². The molecule has 3 rings (SSSR count). The van der Waals surface area contributed by atoms with Crippen molar-refractivity contribution in [3.63, 3.8) is 0 Å². The summed E-state index contributed by atoms with van der Waals surface area (Å²) in [7, 11) is -1.48. The molecule has 3 aromatic carbocycles. The normalized spacial score (nSPS) is 11.4. The summed E-state index contributed by atoms with van der Waals surface area (Å²) in [5.41, 5.74) is 0.184. The first-order valence-electron chi connectivity index (χ1n) is 9.53. The van der Waals surface area contributed by atoms with Gasteiger partial charge in [-0.3, -0.25) is 9.52 Å². The van der Waals surface area contributed by atoms with Crippen molar-refractivity contribution in [2.75, 3.05) is 24.3 Å². The molecule has 1 amide bonds. The fourth-order valence-corrected chi connectivity index (χ4v) is 4.02. The van der Waals surface area contributed by atoms with Gasteiger partial charge in [-0.2, -0.15) is 0 Å². The van der Waals surface area contributed by atoms with Crippen LogP contribution in [0.3, 0.4) is 0 Å². The van der Waals surface area contributed by atoms with Gasteiger partial charge in [-0.1, -0.05) is 18.2 Å². The number of nitrogens with one attached hydrogen (secondary N) is 2. The first-order chi connectivity index (χ1) is 16.0. The van der Waals surface area contributed by atoms with Crippen LogP contribution in [0.25, 0.3) is 0 Å². The van der Waals surface area contributed by atoms with Gasteiger partial charge in [0.15, 0.2) is 0 Å². The monoisotopic (exact) mass is 496 g/mol. The molecule has 3 aromatic rings. The summed E-state index contributed by atoms with van der Waals surface area (Å²) in [6.07, 6.45) is -4.98. The van der Waals surface area contributed by atoms with Crippen molar-refractivity contribution in [2.24, 2.45) is 0 Å². The van der Waals surface area contributed by atoms with Crippen molar-refractivity contribution in [3.05, 3.63) is 72.3 Å². The van der Waals surface area contributed by atoms with E-state index in [1.807, 2.05) is 0 Å². The Morgan fingerprint density at radius 1 is 0.853 bits per heavy atom. The number of carbonyl (C=O) groups excluding carboxylic acids is 1. The molecule has 0 fully saturated rings. The smallest absolute Gasteiger partial charge is 0.497 e. The molecule has 180 valence electrons. The number of methoxy groups -OCH3 is 2. The van der Waals surface area contributed by atoms with Gasteiger partial charge in [0.25, 0.3) is 15.9 Å². The van der Waals surface area contributed by atoms with Gasteiger partial charge in [0, 0.05) is 12.1 Å². The van der Waals surface area contributed by atoms with Gasteiger partial charge in [-0.25, -0.2) is 8.42 Å². The molecule has 0 unspecified atom stereocenters. The van der Waals surface area contributed by atoms with E-state index in [1.165, 1.54) is 38.5 Å². The number of halogens is 3. The second kappa shape index (κ2) is 9.91. The summed E-state index contributed by atoms with van der Waals surface area (Å²) in [6.45, 7) is 0. The first kappa shape index (κ1) is 24.7. The molecule has 8 nitrogen and oxygen atoms in total. The summed E-state index contributed by atoms with van der Waals surface area (Å²) in [5, 5.41) is 2.63. The maximum Gasteiger partial charge on any atom is 0.573 e. The summed E-state index contributed by atoms with van der Waals surface area (Å²) < 4.78 is 79.4. The molecular weight excluding hydrogens is 477 g/mol. The Hall–Kier alpha value is -3.93. The lowest BCUT2D eigenvalue weighted by molar-refractivity contribution is -0.274. The average molecular weight is 496 g/mol. The third-order valence-corrected chi connectivity index (χ3v) is 5.79. The standard InChI is InChI=1S/C22H19F3N2O6S/c1-31-14-10-11-19(20(13-14)32-2)26-21(28)17-8-3-4-9-18(17)27-34(29,30)16-7-5-6-15(12-16)33-22(23,24)25/h3-13,27H,1-2H3,(H,26,28). The second-order valence-corrected chi connectivity index (χ2v) is 8.38. The number of rotatable bonds is 8. The summed E-state index contributed by atoms with van der Waals surface area (Å²) in [5.74, 6) is -0.545. The van der Waals surface area contributed by atoms with Crippen molar-refractivity contribution >= 4 is 27.3 Å². The van der Waals surface area contributed by atoms with Crippen LogP contribution in [-0.2, 0) is 10.0 Å². The van der Waals surface area contributed by atoms with E-state index in [-0.39, 0.29) is 11.3 Å². The van der Waals surface area contributed by atoms with Gasteiger partial charge < -0.3 is 19.5 Å². The summed E-state index contributed by atoms with van der Waals surface area (Å²) in [4.78, 5) is 12.4. The molecule has 0 aliphatic carbocycles. The quantitative estimate of drug-likeness (QED) is 0.471. The van der Waals surface area contributed by atoms with Crippen molar-refractivity contribution in [2.45, 2.75) is 11.3 Å². The minimum atomic E-state index is -4.98. The second-order valence-electron chi connectivity index (χ2n) is 6.69. The Kier molecular flexibility index (Phi) is 7.20. The lowest BCUT2D eigenvalue weighted by Crippen LogP contribution is -2.20. The lowest BCUT2D eigenvalue weighted by atomic mass is 10.1. The number of amides is 1. The van der Waals surface area contributed by atoms with Crippen LogP contribution >= 0.6 is 0 Å². The molecule has 0 spiro atoms. The van der Waals surface area contributed by atoms with E-state index in [0.29, 0.717) is 17.2 Å². The predicted molar refractivity (Wildman–Crippen MR) is 118 cm³/mol. The number of anilines is 2. The van der Waals surface area contributed by atoms with E-state index in [4.69, 9.17) is 9.47 Å². The molecule has 0 saturated heterocycles. The zero-order valence-corrected chi connectivity index (χ0v) is 18.7. The number of benzene rings is 3. The van der Waals surface area contributed by atoms with Gasteiger partial charge in [-0.15, -0.1) is 13.2 Å². The maximum atomic E-state index is 12.9. The number of ether oxygens (including phenoxy) is 3. The highest BCUT2D eigenvalue weighted by Gasteiger charge is 2.31. The fraction of sp³-hybridized carbons (Fsp3) is 0.136. The van der Waals surface area contributed by atoms with E-state index in [9.17, 15) is 26.4 Å². The summed E-state index contributed by atoms with van der Waals surface area (Å²) >= 11 is 0. The van der Waals surface area contributed by atoms with E-state index in [2.05, 4.69) is 14.8 Å². The Morgan fingerprint density at radius 3 is 2.26 bits per heavy atom. The van der Waals surface area contributed by atoms with E-state index >= 15 is 0 Å². The summed E-state index contributed by atoms with van der Waals surface area (Å²) in [6, 6.07) is 14.3. The minimum absolute atomic E-state index is 0.0355. The van der Waals surface area contributed by atoms with Gasteiger partial charge >= 0.3 is 6.36 Å². The van der Waals surface area contributed by atoms with Crippen LogP contribution in [0.4, 0.5) is 24.5 Å². The van der Waals surface area contributed by atoms with Crippen molar-refractivity contribution in [3.8, 4) is 17.2 Å². The average Bonchev–Trinajstić information content (AvgIpc) is 2.78. The fourth-order valence-electron chi connectivity index (χ4n) is 2.90. The molecular formula is C22H19F3N2O6S. The van der Waals surface area contributed by atoms with Gasteiger partial charge in [0.2, 0.25) is 0 Å². The highest BCUT2D eigenvalue weighted by atomic mass is 32.2. The van der Waals surface area contributed by atoms with Crippen LogP contribution in [0.5, 0.6) is 17.2 Å². The highest BCUT2D eigenvalue weighted by Crippen LogP contribution is 2.31. The van der Waals surface area contributed by atoms with Crippen LogP contribution in [0.2, 0.25) is 0 Å². The Morgan fingerprint density at radius 2 is 1.59 bits per heavy atom. The number of para-hydroxylation sites is 1. The molecule has 0 aromatic heterocycles. The molecule has 0 heterocycles. The minimum Gasteiger partial charge on any atom is -0.497 e. The zero-order valence-electron chi connectivity index (χ0n) is 17.8. The molecule has 2 N–H and O–H groups in total. The SMILES string of the molecule is COc1ccc(NC(=O)c2ccccc2NS(=O)(=O)c2cccc(OC(F)(F)F)c2)c(OC)c1. The molecule has 0 atom stereocenters. The molecule has 12 heteroatoms. The number of hydrogen-bond acceptors (Lipinski definition) is 6. The van der Waals surface area contributed by atoms with Crippen LogP contribution < -0.4 is 24.2 Å². The lowest BCUT2D eigenvalue weighted by Gasteiger charge is -2.15. The molecule has 0 aliphatic rings. The topological polar surface area (TPSA) is 103 Å². The highest BCUT2D eigenvalue weighted by molar-refractivity contribution is 7.92. The van der Waals surface area contributed by atoms with Crippen molar-refractivity contribution < 1.29 is 40.6 Å². The Bertz CT molecular complexity index is 1300. The molecule has 0 aliphatic heterocycles. The third-order valence-electron chi connectivity index (χ3n) is 4.42. The maximum absolute atomic E-state index is 12.9. The van der Waals surface area contributed by atoms with Crippen molar-refractivity contribution in [1.82, 2.24) is 0 Å². The van der Waals surface area contributed by atoms with E-state index in [0.717, 1.165) is 24.3 Å².